The van der Waals surface area contributed by atoms with Gasteiger partial charge in [-0.05, 0) is 24.6 Å². The minimum absolute atomic E-state index is 0.217. The molecule has 0 aliphatic heterocycles. The van der Waals surface area contributed by atoms with Crippen LogP contribution in [-0.4, -0.2) is 23.9 Å². The number of rotatable bonds is 6. The molecule has 0 bridgehead atoms. The second kappa shape index (κ2) is 8.26. The standard InChI is InChI=1S/C17H18N2O4S/c1-11(16(21)18-10-13-6-4-3-5-7-13)23-17(22)14-8-9-15(24-14)19-12(2)20/h3-9,11H,10H2,1-2H3,(H,18,21)(H,19,20)/t11-/m0/s1. The molecule has 0 aliphatic carbocycles. The van der Waals surface area contributed by atoms with Gasteiger partial charge in [-0.25, -0.2) is 4.79 Å². The smallest absolute Gasteiger partial charge is 0.349 e. The summed E-state index contributed by atoms with van der Waals surface area (Å²) in [5, 5.41) is 5.86. The first-order valence-corrected chi connectivity index (χ1v) is 8.17. The summed E-state index contributed by atoms with van der Waals surface area (Å²) in [7, 11) is 0. The maximum absolute atomic E-state index is 12.0. The van der Waals surface area contributed by atoms with Gasteiger partial charge in [-0.1, -0.05) is 30.3 Å². The van der Waals surface area contributed by atoms with Gasteiger partial charge in [-0.15, -0.1) is 11.3 Å². The summed E-state index contributed by atoms with van der Waals surface area (Å²) in [6.45, 7) is 3.27. The Morgan fingerprint density at radius 1 is 1.12 bits per heavy atom. The Labute approximate surface area is 143 Å². The summed E-state index contributed by atoms with van der Waals surface area (Å²) >= 11 is 1.10. The van der Waals surface area contributed by atoms with Crippen molar-refractivity contribution in [2.75, 3.05) is 5.32 Å². The van der Waals surface area contributed by atoms with Crippen LogP contribution in [0.15, 0.2) is 42.5 Å². The van der Waals surface area contributed by atoms with Gasteiger partial charge >= 0.3 is 5.97 Å². The van der Waals surface area contributed by atoms with Crippen LogP contribution < -0.4 is 10.6 Å². The number of hydrogen-bond acceptors (Lipinski definition) is 5. The van der Waals surface area contributed by atoms with Crippen molar-refractivity contribution >= 4 is 34.1 Å². The number of nitrogens with one attached hydrogen (secondary N) is 2. The molecule has 1 heterocycles. The van der Waals surface area contributed by atoms with E-state index in [1.807, 2.05) is 30.3 Å². The second-order valence-electron chi connectivity index (χ2n) is 5.10. The van der Waals surface area contributed by atoms with E-state index in [0.29, 0.717) is 16.4 Å². The molecule has 2 rings (SSSR count). The molecule has 7 heteroatoms. The number of ether oxygens (including phenoxy) is 1. The Morgan fingerprint density at radius 3 is 2.50 bits per heavy atom. The molecule has 2 aromatic rings. The molecule has 0 saturated heterocycles. The lowest BCUT2D eigenvalue weighted by Crippen LogP contribution is -2.35. The van der Waals surface area contributed by atoms with Gasteiger partial charge in [0.05, 0.1) is 5.00 Å². The summed E-state index contributed by atoms with van der Waals surface area (Å²) in [4.78, 5) is 35.3. The van der Waals surface area contributed by atoms with Crippen molar-refractivity contribution in [3.63, 3.8) is 0 Å². The zero-order valence-electron chi connectivity index (χ0n) is 13.4. The Hall–Kier alpha value is -2.67. The van der Waals surface area contributed by atoms with Crippen LogP contribution >= 0.6 is 11.3 Å². The van der Waals surface area contributed by atoms with E-state index in [1.54, 1.807) is 12.1 Å². The van der Waals surface area contributed by atoms with Crippen LogP contribution in [0.2, 0.25) is 0 Å². The monoisotopic (exact) mass is 346 g/mol. The highest BCUT2D eigenvalue weighted by Crippen LogP contribution is 2.22. The summed E-state index contributed by atoms with van der Waals surface area (Å²) in [5.74, 6) is -1.18. The molecule has 0 fully saturated rings. The molecule has 1 atom stereocenters. The maximum Gasteiger partial charge on any atom is 0.349 e. The fourth-order valence-corrected chi connectivity index (χ4v) is 2.72. The highest BCUT2D eigenvalue weighted by molar-refractivity contribution is 7.18. The van der Waals surface area contributed by atoms with Crippen LogP contribution in [0, 0.1) is 0 Å². The molecular weight excluding hydrogens is 328 g/mol. The second-order valence-corrected chi connectivity index (χ2v) is 6.18. The molecule has 24 heavy (non-hydrogen) atoms. The molecule has 0 saturated carbocycles. The molecule has 0 radical (unpaired) electrons. The fourth-order valence-electron chi connectivity index (χ4n) is 1.89. The molecular formula is C17H18N2O4S. The van der Waals surface area contributed by atoms with Crippen molar-refractivity contribution in [1.29, 1.82) is 0 Å². The van der Waals surface area contributed by atoms with Crippen LogP contribution in [0.1, 0.15) is 29.1 Å². The predicted molar refractivity (Wildman–Crippen MR) is 91.8 cm³/mol. The van der Waals surface area contributed by atoms with Crippen molar-refractivity contribution in [2.45, 2.75) is 26.5 Å². The minimum Gasteiger partial charge on any atom is -0.448 e. The van der Waals surface area contributed by atoms with Crippen molar-refractivity contribution < 1.29 is 19.1 Å². The number of carbonyl (C=O) groups is 3. The van der Waals surface area contributed by atoms with Crippen LogP contribution in [0.5, 0.6) is 0 Å². The van der Waals surface area contributed by atoms with Crippen molar-refractivity contribution in [3.05, 3.63) is 52.9 Å². The Balaban J connectivity index is 1.85. The van der Waals surface area contributed by atoms with Crippen LogP contribution in [-0.2, 0) is 20.9 Å². The highest BCUT2D eigenvalue weighted by Gasteiger charge is 2.20. The average molecular weight is 346 g/mol. The van der Waals surface area contributed by atoms with Gasteiger partial charge in [0.1, 0.15) is 4.88 Å². The van der Waals surface area contributed by atoms with Gasteiger partial charge in [0.2, 0.25) is 5.91 Å². The summed E-state index contributed by atoms with van der Waals surface area (Å²) in [6.07, 6.45) is -0.910. The molecule has 2 amide bonds. The molecule has 0 unspecified atom stereocenters. The predicted octanol–water partition coefficient (Wildman–Crippen LogP) is 2.57. The van der Waals surface area contributed by atoms with E-state index in [2.05, 4.69) is 10.6 Å². The third-order valence-electron chi connectivity index (χ3n) is 3.07. The molecule has 6 nitrogen and oxygen atoms in total. The lowest BCUT2D eigenvalue weighted by atomic mass is 10.2. The minimum atomic E-state index is -0.910. The van der Waals surface area contributed by atoms with E-state index in [-0.39, 0.29) is 11.8 Å². The normalized spacial score (nSPS) is 11.4. The molecule has 0 spiro atoms. The molecule has 126 valence electrons. The zero-order chi connectivity index (χ0) is 17.5. The Morgan fingerprint density at radius 2 is 1.83 bits per heavy atom. The topological polar surface area (TPSA) is 84.5 Å². The fraction of sp³-hybridized carbons (Fsp3) is 0.235. The lowest BCUT2D eigenvalue weighted by Gasteiger charge is -2.13. The van der Waals surface area contributed by atoms with Crippen LogP contribution in [0.4, 0.5) is 5.00 Å². The third-order valence-corrected chi connectivity index (χ3v) is 4.05. The summed E-state index contributed by atoms with van der Waals surface area (Å²) in [5.41, 5.74) is 0.961. The van der Waals surface area contributed by atoms with E-state index in [1.165, 1.54) is 13.8 Å². The van der Waals surface area contributed by atoms with Gasteiger partial charge in [0.15, 0.2) is 6.10 Å². The van der Waals surface area contributed by atoms with Crippen molar-refractivity contribution in [2.24, 2.45) is 0 Å². The first-order valence-electron chi connectivity index (χ1n) is 7.35. The van der Waals surface area contributed by atoms with Gasteiger partial charge in [0.25, 0.3) is 5.91 Å². The number of benzene rings is 1. The number of thiophene rings is 1. The summed E-state index contributed by atoms with van der Waals surface area (Å²) < 4.78 is 5.15. The number of hydrogen-bond donors (Lipinski definition) is 2. The lowest BCUT2D eigenvalue weighted by molar-refractivity contribution is -0.129. The van der Waals surface area contributed by atoms with Crippen molar-refractivity contribution in [3.8, 4) is 0 Å². The molecule has 2 N–H and O–H groups in total. The number of esters is 1. The quantitative estimate of drug-likeness (QED) is 0.787. The largest absolute Gasteiger partial charge is 0.448 e. The first-order chi connectivity index (χ1) is 11.5. The number of carbonyl (C=O) groups excluding carboxylic acids is 3. The highest BCUT2D eigenvalue weighted by atomic mass is 32.1. The van der Waals surface area contributed by atoms with Gasteiger partial charge in [-0.2, -0.15) is 0 Å². The molecule has 1 aromatic heterocycles. The Kier molecular flexibility index (Phi) is 6.08. The first kappa shape index (κ1) is 17.7. The van der Waals surface area contributed by atoms with Crippen LogP contribution in [0.3, 0.4) is 0 Å². The summed E-state index contributed by atoms with van der Waals surface area (Å²) in [6, 6.07) is 12.6. The van der Waals surface area contributed by atoms with Gasteiger partial charge < -0.3 is 15.4 Å². The van der Waals surface area contributed by atoms with Crippen molar-refractivity contribution in [1.82, 2.24) is 5.32 Å². The van der Waals surface area contributed by atoms with Crippen LogP contribution in [0.25, 0.3) is 0 Å². The zero-order valence-corrected chi connectivity index (χ0v) is 14.2. The van der Waals surface area contributed by atoms with Gasteiger partial charge in [-0.3, -0.25) is 9.59 Å². The van der Waals surface area contributed by atoms with E-state index in [9.17, 15) is 14.4 Å². The third kappa shape index (κ3) is 5.20. The molecule has 0 aliphatic rings. The number of amides is 2. The maximum atomic E-state index is 12.0. The number of anilines is 1. The molecule has 1 aromatic carbocycles. The average Bonchev–Trinajstić information content (AvgIpc) is 3.01. The van der Waals surface area contributed by atoms with Gasteiger partial charge in [0, 0.05) is 13.5 Å². The van der Waals surface area contributed by atoms with E-state index < -0.39 is 12.1 Å². The SMILES string of the molecule is CC(=O)Nc1ccc(C(=O)O[C@@H](C)C(=O)NCc2ccccc2)s1. The Bertz CT molecular complexity index is 727. The van der Waals surface area contributed by atoms with E-state index >= 15 is 0 Å². The van der Waals surface area contributed by atoms with E-state index in [0.717, 1.165) is 16.9 Å². The van der Waals surface area contributed by atoms with E-state index in [4.69, 9.17) is 4.74 Å².